The van der Waals surface area contributed by atoms with Crippen molar-refractivity contribution in [2.75, 3.05) is 0 Å². The number of hydrogen-bond donors (Lipinski definition) is 1. The average molecular weight is 473 g/mol. The van der Waals surface area contributed by atoms with Crippen LogP contribution in [0.1, 0.15) is 142 Å². The van der Waals surface area contributed by atoms with E-state index in [0.29, 0.717) is 12.8 Å². The predicted molar refractivity (Wildman–Crippen MR) is 123 cm³/mol. The topological polar surface area (TPSA) is 77.4 Å². The summed E-state index contributed by atoms with van der Waals surface area (Å²) in [6, 6.07) is 0. The summed E-state index contributed by atoms with van der Waals surface area (Å²) in [6.45, 7) is 4.26. The second kappa shape index (κ2) is 23.7. The molecule has 0 heterocycles. The minimum atomic E-state index is -4.15. The van der Waals surface area contributed by atoms with Gasteiger partial charge in [-0.3, -0.25) is 0 Å². The Morgan fingerprint density at radius 3 is 1.33 bits per heavy atom. The summed E-state index contributed by atoms with van der Waals surface area (Å²) >= 11 is 0. The summed E-state index contributed by atoms with van der Waals surface area (Å²) in [5, 5.41) is 9.40. The van der Waals surface area contributed by atoms with Gasteiger partial charge in [-0.15, -0.1) is 0 Å². The first-order valence-corrected chi connectivity index (χ1v) is 14.0. The third kappa shape index (κ3) is 22.7. The third-order valence-corrected chi connectivity index (χ3v) is 7.28. The van der Waals surface area contributed by atoms with Gasteiger partial charge < -0.3 is 9.66 Å². The van der Waals surface area contributed by atoms with Crippen molar-refractivity contribution in [3.05, 3.63) is 0 Å². The molecule has 2 unspecified atom stereocenters. The standard InChI is InChI=1S/C24H50O4S.K/c1-3-5-7-8-9-10-11-13-16-19-23(25)20-17-14-12-15-18-22-24(21-6-4-2)29(26,27)28;/h23-25H,3-22H2,1-2H3,(H,26,27,28);/q;+1/p-1. The van der Waals surface area contributed by atoms with E-state index in [-0.39, 0.29) is 57.5 Å². The van der Waals surface area contributed by atoms with Crippen LogP contribution >= 0.6 is 0 Å². The maximum atomic E-state index is 11.3. The first-order valence-electron chi connectivity index (χ1n) is 12.5. The number of aliphatic hydroxyl groups is 1. The van der Waals surface area contributed by atoms with Crippen LogP contribution in [0.25, 0.3) is 0 Å². The monoisotopic (exact) mass is 472 g/mol. The molecule has 0 radical (unpaired) electrons. The Kier molecular flexibility index (Phi) is 26.6. The van der Waals surface area contributed by atoms with Gasteiger partial charge in [0.2, 0.25) is 0 Å². The van der Waals surface area contributed by atoms with Crippen LogP contribution in [0.3, 0.4) is 0 Å². The molecule has 0 spiro atoms. The molecule has 0 aromatic carbocycles. The SMILES string of the molecule is CCCCCCCCCCCC(O)CCCCCCCC(CCCC)S(=O)(=O)[O-].[K+]. The van der Waals surface area contributed by atoms with Crippen LogP contribution in [0.4, 0.5) is 0 Å². The zero-order valence-electron chi connectivity index (χ0n) is 20.4. The van der Waals surface area contributed by atoms with Gasteiger partial charge >= 0.3 is 51.4 Å². The Labute approximate surface area is 230 Å². The summed E-state index contributed by atoms with van der Waals surface area (Å²) in [4.78, 5) is 0. The van der Waals surface area contributed by atoms with Gasteiger partial charge in [-0.1, -0.05) is 117 Å². The smallest absolute Gasteiger partial charge is 0.748 e. The van der Waals surface area contributed by atoms with Crippen molar-refractivity contribution < 1.29 is 69.5 Å². The molecule has 0 bridgehead atoms. The maximum absolute atomic E-state index is 11.3. The van der Waals surface area contributed by atoms with Gasteiger partial charge in [0.15, 0.2) is 0 Å². The van der Waals surface area contributed by atoms with Crippen molar-refractivity contribution in [3.8, 4) is 0 Å². The van der Waals surface area contributed by atoms with E-state index in [1.807, 2.05) is 6.92 Å². The molecule has 0 saturated carbocycles. The van der Waals surface area contributed by atoms with Crippen LogP contribution in [0, 0.1) is 0 Å². The second-order valence-electron chi connectivity index (χ2n) is 8.87. The van der Waals surface area contributed by atoms with E-state index >= 15 is 0 Å². The summed E-state index contributed by atoms with van der Waals surface area (Å²) in [6.07, 6.45) is 21.2. The number of unbranched alkanes of at least 4 members (excludes halogenated alkanes) is 13. The van der Waals surface area contributed by atoms with Gasteiger partial charge in [0.25, 0.3) is 0 Å². The van der Waals surface area contributed by atoms with Crippen molar-refractivity contribution in [1.82, 2.24) is 0 Å². The normalized spacial score (nSPS) is 13.7. The summed E-state index contributed by atoms with van der Waals surface area (Å²) < 4.78 is 33.9. The van der Waals surface area contributed by atoms with Crippen molar-refractivity contribution in [3.63, 3.8) is 0 Å². The van der Waals surface area contributed by atoms with Crippen LogP contribution in [-0.2, 0) is 10.1 Å². The Morgan fingerprint density at radius 2 is 0.933 bits per heavy atom. The first kappa shape index (κ1) is 33.7. The fraction of sp³-hybridized carbons (Fsp3) is 1.00. The Morgan fingerprint density at radius 1 is 0.600 bits per heavy atom. The van der Waals surface area contributed by atoms with Gasteiger partial charge in [-0.05, 0) is 25.7 Å². The molecule has 0 fully saturated rings. The van der Waals surface area contributed by atoms with Gasteiger partial charge in [0.05, 0.1) is 16.2 Å². The molecule has 6 heteroatoms. The van der Waals surface area contributed by atoms with Crippen LogP contribution in [0.2, 0.25) is 0 Å². The summed E-state index contributed by atoms with van der Waals surface area (Å²) in [7, 11) is -4.15. The van der Waals surface area contributed by atoms with E-state index in [2.05, 4.69) is 6.92 Å². The van der Waals surface area contributed by atoms with Gasteiger partial charge in [-0.2, -0.15) is 0 Å². The third-order valence-electron chi connectivity index (χ3n) is 5.99. The minimum Gasteiger partial charge on any atom is -0.748 e. The molecule has 0 amide bonds. The molecule has 0 rings (SSSR count). The van der Waals surface area contributed by atoms with E-state index in [1.54, 1.807) is 0 Å². The van der Waals surface area contributed by atoms with Crippen molar-refractivity contribution in [2.24, 2.45) is 0 Å². The molecular formula is C24H49KO4S. The molecule has 0 aromatic rings. The largest absolute Gasteiger partial charge is 1.00 e. The maximum Gasteiger partial charge on any atom is 1.00 e. The molecule has 176 valence electrons. The van der Waals surface area contributed by atoms with Crippen LogP contribution in [0.5, 0.6) is 0 Å². The van der Waals surface area contributed by atoms with Crippen molar-refractivity contribution in [2.45, 2.75) is 154 Å². The van der Waals surface area contributed by atoms with Crippen molar-refractivity contribution in [1.29, 1.82) is 0 Å². The van der Waals surface area contributed by atoms with Gasteiger partial charge in [-0.25, -0.2) is 8.42 Å². The van der Waals surface area contributed by atoms with E-state index in [9.17, 15) is 18.1 Å². The number of hydrogen-bond acceptors (Lipinski definition) is 4. The van der Waals surface area contributed by atoms with Crippen LogP contribution < -0.4 is 51.4 Å². The van der Waals surface area contributed by atoms with Gasteiger partial charge in [0, 0.05) is 5.25 Å². The molecule has 30 heavy (non-hydrogen) atoms. The number of aliphatic hydroxyl groups excluding tert-OH is 1. The van der Waals surface area contributed by atoms with Gasteiger partial charge in [0.1, 0.15) is 0 Å². The summed E-state index contributed by atoms with van der Waals surface area (Å²) in [5.74, 6) is 0. The minimum absolute atomic E-state index is 0. The molecule has 0 aliphatic rings. The molecule has 0 saturated heterocycles. The average Bonchev–Trinajstić information content (AvgIpc) is 2.67. The van der Waals surface area contributed by atoms with E-state index < -0.39 is 15.4 Å². The fourth-order valence-electron chi connectivity index (χ4n) is 3.98. The molecule has 4 nitrogen and oxygen atoms in total. The quantitative estimate of drug-likeness (QED) is 0.146. The molecule has 2 atom stereocenters. The molecule has 0 aliphatic heterocycles. The summed E-state index contributed by atoms with van der Waals surface area (Å²) in [5.41, 5.74) is 0. The molecular weight excluding hydrogens is 423 g/mol. The fourth-order valence-corrected chi connectivity index (χ4v) is 4.89. The van der Waals surface area contributed by atoms with E-state index in [4.69, 9.17) is 0 Å². The molecule has 1 N–H and O–H groups in total. The van der Waals surface area contributed by atoms with Crippen LogP contribution in [-0.4, -0.2) is 29.4 Å². The van der Waals surface area contributed by atoms with Crippen LogP contribution in [0.15, 0.2) is 0 Å². The first-order chi connectivity index (χ1) is 13.9. The van der Waals surface area contributed by atoms with E-state index in [0.717, 1.165) is 64.2 Å². The zero-order valence-corrected chi connectivity index (χ0v) is 24.3. The van der Waals surface area contributed by atoms with E-state index in [1.165, 1.54) is 51.4 Å². The second-order valence-corrected chi connectivity index (χ2v) is 10.5. The zero-order chi connectivity index (χ0) is 21.8. The molecule has 0 aromatic heterocycles. The van der Waals surface area contributed by atoms with Crippen molar-refractivity contribution >= 4 is 10.1 Å². The Bertz CT molecular complexity index is 442. The Hall–Kier alpha value is 1.51. The molecule has 0 aliphatic carbocycles. The number of rotatable bonds is 22. The Balaban J connectivity index is 0. The predicted octanol–water partition coefficient (Wildman–Crippen LogP) is 4.11.